The number of nitrogens with zero attached hydrogens (tertiary/aromatic N) is 3. The summed E-state index contributed by atoms with van der Waals surface area (Å²) in [4.78, 5) is 26.8. The Labute approximate surface area is 129 Å². The van der Waals surface area contributed by atoms with Crippen LogP contribution in [0.1, 0.15) is 22.8 Å². The molecular weight excluding hydrogens is 317 g/mol. The summed E-state index contributed by atoms with van der Waals surface area (Å²) in [5, 5.41) is 9.51. The highest BCUT2D eigenvalue weighted by atomic mass is 19.4. The SMILES string of the molecule is CCOC(=O)CN(CC#N)NC(=O)c1cnccc1C(F)(F)F. The van der Waals surface area contributed by atoms with E-state index in [0.717, 1.165) is 17.4 Å². The van der Waals surface area contributed by atoms with E-state index in [1.807, 2.05) is 0 Å². The van der Waals surface area contributed by atoms with E-state index in [1.54, 1.807) is 13.0 Å². The summed E-state index contributed by atoms with van der Waals surface area (Å²) in [6, 6.07) is 2.34. The Kier molecular flexibility index (Phi) is 6.47. The van der Waals surface area contributed by atoms with Crippen LogP contribution in [0.25, 0.3) is 0 Å². The zero-order chi connectivity index (χ0) is 17.5. The first-order chi connectivity index (χ1) is 10.8. The second kappa shape index (κ2) is 8.09. The molecule has 23 heavy (non-hydrogen) atoms. The van der Waals surface area contributed by atoms with Crippen LogP contribution in [0.2, 0.25) is 0 Å². The van der Waals surface area contributed by atoms with Crippen molar-refractivity contribution in [1.29, 1.82) is 5.26 Å². The number of nitriles is 1. The third-order valence-electron chi connectivity index (χ3n) is 2.52. The number of alkyl halides is 3. The van der Waals surface area contributed by atoms with Crippen LogP contribution in [0.3, 0.4) is 0 Å². The maximum atomic E-state index is 12.9. The minimum absolute atomic E-state index is 0.0913. The van der Waals surface area contributed by atoms with E-state index in [4.69, 9.17) is 5.26 Å². The molecule has 1 amide bonds. The van der Waals surface area contributed by atoms with Gasteiger partial charge in [0.05, 0.1) is 23.8 Å². The van der Waals surface area contributed by atoms with Crippen molar-refractivity contribution in [3.05, 3.63) is 29.6 Å². The van der Waals surface area contributed by atoms with Gasteiger partial charge in [0.2, 0.25) is 0 Å². The van der Waals surface area contributed by atoms with Crippen LogP contribution in [0.15, 0.2) is 18.5 Å². The highest BCUT2D eigenvalue weighted by Crippen LogP contribution is 2.31. The first-order valence-corrected chi connectivity index (χ1v) is 6.39. The summed E-state index contributed by atoms with van der Waals surface area (Å²) in [7, 11) is 0. The van der Waals surface area contributed by atoms with Crippen molar-refractivity contribution in [1.82, 2.24) is 15.4 Å². The first-order valence-electron chi connectivity index (χ1n) is 6.39. The Balaban J connectivity index is 2.92. The van der Waals surface area contributed by atoms with Crippen LogP contribution in [0.5, 0.6) is 0 Å². The van der Waals surface area contributed by atoms with Gasteiger partial charge in [0.1, 0.15) is 13.1 Å². The van der Waals surface area contributed by atoms with Gasteiger partial charge < -0.3 is 4.74 Å². The number of ether oxygens (including phenoxy) is 1. The third kappa shape index (κ3) is 5.55. The smallest absolute Gasteiger partial charge is 0.417 e. The van der Waals surface area contributed by atoms with Crippen molar-refractivity contribution in [2.24, 2.45) is 0 Å². The molecule has 10 heteroatoms. The minimum atomic E-state index is -4.74. The zero-order valence-corrected chi connectivity index (χ0v) is 12.1. The number of halogens is 3. The Morgan fingerprint density at radius 1 is 1.48 bits per heavy atom. The molecule has 1 N–H and O–H groups in total. The van der Waals surface area contributed by atoms with E-state index in [0.29, 0.717) is 6.07 Å². The molecule has 0 radical (unpaired) electrons. The Bertz CT molecular complexity index is 613. The molecule has 0 fully saturated rings. The molecule has 7 nitrogen and oxygen atoms in total. The number of amides is 1. The Hall–Kier alpha value is -2.67. The van der Waals surface area contributed by atoms with Crippen LogP contribution >= 0.6 is 0 Å². The van der Waals surface area contributed by atoms with Gasteiger partial charge in [-0.3, -0.25) is 20.0 Å². The molecule has 0 atom stereocenters. The third-order valence-corrected chi connectivity index (χ3v) is 2.52. The monoisotopic (exact) mass is 330 g/mol. The number of carbonyl (C=O) groups is 2. The predicted molar refractivity (Wildman–Crippen MR) is 70.5 cm³/mol. The van der Waals surface area contributed by atoms with Gasteiger partial charge in [0.25, 0.3) is 5.91 Å². The summed E-state index contributed by atoms with van der Waals surface area (Å²) >= 11 is 0. The highest BCUT2D eigenvalue weighted by Gasteiger charge is 2.35. The average molecular weight is 330 g/mol. The summed E-state index contributed by atoms with van der Waals surface area (Å²) in [5.41, 5.74) is 0.183. The van der Waals surface area contributed by atoms with Crippen molar-refractivity contribution >= 4 is 11.9 Å². The van der Waals surface area contributed by atoms with Crippen molar-refractivity contribution in [3.8, 4) is 6.07 Å². The number of rotatable bonds is 6. The average Bonchev–Trinajstić information content (AvgIpc) is 2.46. The van der Waals surface area contributed by atoms with E-state index in [9.17, 15) is 22.8 Å². The number of hydrogen-bond donors (Lipinski definition) is 1. The Morgan fingerprint density at radius 2 is 2.17 bits per heavy atom. The second-order valence-electron chi connectivity index (χ2n) is 4.18. The van der Waals surface area contributed by atoms with Gasteiger partial charge in [-0.2, -0.15) is 23.4 Å². The number of pyridine rings is 1. The molecule has 0 aliphatic heterocycles. The zero-order valence-electron chi connectivity index (χ0n) is 12.1. The normalized spacial score (nSPS) is 11.0. The maximum absolute atomic E-state index is 12.9. The lowest BCUT2D eigenvalue weighted by Gasteiger charge is -2.20. The molecular formula is C13H13F3N4O3. The summed E-state index contributed by atoms with van der Waals surface area (Å²) in [6.07, 6.45) is -3.07. The van der Waals surface area contributed by atoms with Crippen molar-refractivity contribution in [2.45, 2.75) is 13.1 Å². The van der Waals surface area contributed by atoms with Crippen LogP contribution in [-0.2, 0) is 15.7 Å². The standard InChI is InChI=1S/C13H13F3N4O3/c1-2-23-11(21)8-20(6-4-17)19-12(22)9-7-18-5-3-10(9)13(14,15)16/h3,5,7H,2,6,8H2,1H3,(H,19,22). The predicted octanol–water partition coefficient (Wildman–Crippen LogP) is 1.13. The maximum Gasteiger partial charge on any atom is 0.417 e. The summed E-state index contributed by atoms with van der Waals surface area (Å²) in [6.45, 7) is 0.769. The molecule has 0 spiro atoms. The fourth-order valence-corrected chi connectivity index (χ4v) is 1.61. The molecule has 0 aromatic carbocycles. The van der Waals surface area contributed by atoms with Crippen LogP contribution < -0.4 is 5.43 Å². The molecule has 0 aliphatic rings. The molecule has 1 heterocycles. The van der Waals surface area contributed by atoms with Gasteiger partial charge in [0.15, 0.2) is 0 Å². The van der Waals surface area contributed by atoms with E-state index < -0.39 is 42.3 Å². The van der Waals surface area contributed by atoms with E-state index in [1.165, 1.54) is 0 Å². The van der Waals surface area contributed by atoms with Crippen LogP contribution in [-0.4, -0.2) is 41.6 Å². The number of hydrogen-bond acceptors (Lipinski definition) is 6. The summed E-state index contributed by atoms with van der Waals surface area (Å²) < 4.78 is 43.2. The van der Waals surface area contributed by atoms with Crippen molar-refractivity contribution in [3.63, 3.8) is 0 Å². The van der Waals surface area contributed by atoms with Gasteiger partial charge >= 0.3 is 12.1 Å². The fraction of sp³-hybridized carbons (Fsp3) is 0.385. The molecule has 0 saturated carbocycles. The molecule has 0 unspecified atom stereocenters. The topological polar surface area (TPSA) is 95.3 Å². The molecule has 124 valence electrons. The molecule has 0 saturated heterocycles. The Morgan fingerprint density at radius 3 is 2.74 bits per heavy atom. The second-order valence-corrected chi connectivity index (χ2v) is 4.18. The van der Waals surface area contributed by atoms with Crippen molar-refractivity contribution < 1.29 is 27.5 Å². The number of aromatic nitrogens is 1. The fourth-order valence-electron chi connectivity index (χ4n) is 1.61. The van der Waals surface area contributed by atoms with E-state index in [-0.39, 0.29) is 6.61 Å². The first kappa shape index (κ1) is 18.4. The van der Waals surface area contributed by atoms with E-state index in [2.05, 4.69) is 15.1 Å². The minimum Gasteiger partial charge on any atom is -0.465 e. The number of carbonyl (C=O) groups excluding carboxylic acids is 2. The molecule has 1 rings (SSSR count). The van der Waals surface area contributed by atoms with Crippen LogP contribution in [0, 0.1) is 11.3 Å². The molecule has 1 aromatic heterocycles. The lowest BCUT2D eigenvalue weighted by molar-refractivity contribution is -0.145. The lowest BCUT2D eigenvalue weighted by atomic mass is 10.1. The van der Waals surface area contributed by atoms with Gasteiger partial charge in [0, 0.05) is 12.4 Å². The lowest BCUT2D eigenvalue weighted by Crippen LogP contribution is -2.46. The molecule has 0 aliphatic carbocycles. The number of nitrogens with one attached hydrogen (secondary N) is 1. The number of esters is 1. The van der Waals surface area contributed by atoms with Gasteiger partial charge in [-0.25, -0.2) is 0 Å². The number of hydrazine groups is 1. The molecule has 0 bridgehead atoms. The van der Waals surface area contributed by atoms with Crippen molar-refractivity contribution in [2.75, 3.05) is 19.7 Å². The quantitative estimate of drug-likeness (QED) is 0.477. The largest absolute Gasteiger partial charge is 0.465 e. The van der Waals surface area contributed by atoms with Gasteiger partial charge in [-0.05, 0) is 13.0 Å². The summed E-state index contributed by atoms with van der Waals surface area (Å²) in [5.74, 6) is -1.87. The van der Waals surface area contributed by atoms with Gasteiger partial charge in [-0.15, -0.1) is 0 Å². The van der Waals surface area contributed by atoms with Gasteiger partial charge in [-0.1, -0.05) is 0 Å². The molecule has 1 aromatic rings. The van der Waals surface area contributed by atoms with Crippen LogP contribution in [0.4, 0.5) is 13.2 Å². The highest BCUT2D eigenvalue weighted by molar-refractivity contribution is 5.95. The van der Waals surface area contributed by atoms with E-state index >= 15 is 0 Å².